The molecule has 0 heterocycles. The van der Waals surface area contributed by atoms with Crippen LogP contribution in [0.25, 0.3) is 0 Å². The molecule has 2 nitrogen and oxygen atoms in total. The summed E-state index contributed by atoms with van der Waals surface area (Å²) in [6, 6.07) is 13.0. The van der Waals surface area contributed by atoms with Crippen molar-refractivity contribution in [1.82, 2.24) is 0 Å². The number of hydrogen-bond acceptors (Lipinski definition) is 2. The summed E-state index contributed by atoms with van der Waals surface area (Å²) in [6.07, 6.45) is 0. The van der Waals surface area contributed by atoms with Crippen molar-refractivity contribution in [2.24, 2.45) is 0 Å². The van der Waals surface area contributed by atoms with Crippen LogP contribution in [0, 0.1) is 19.7 Å². The highest BCUT2D eigenvalue weighted by molar-refractivity contribution is 5.44. The van der Waals surface area contributed by atoms with Crippen molar-refractivity contribution < 1.29 is 9.13 Å². The van der Waals surface area contributed by atoms with Gasteiger partial charge in [0, 0.05) is 12.2 Å². The van der Waals surface area contributed by atoms with E-state index in [0.717, 1.165) is 11.3 Å². The minimum Gasteiger partial charge on any atom is -0.489 e. The molecule has 1 N–H and O–H groups in total. The number of ether oxygens (including phenoxy) is 1. The van der Waals surface area contributed by atoms with Gasteiger partial charge in [0.25, 0.3) is 0 Å². The van der Waals surface area contributed by atoms with E-state index >= 15 is 0 Å². The fourth-order valence-electron chi connectivity index (χ4n) is 1.75. The quantitative estimate of drug-likeness (QED) is 0.821. The molecule has 0 spiro atoms. The summed E-state index contributed by atoms with van der Waals surface area (Å²) in [6.45, 7) is 5.02. The lowest BCUT2D eigenvalue weighted by atomic mass is 10.2. The van der Waals surface area contributed by atoms with Gasteiger partial charge in [0.1, 0.15) is 6.61 Å². The van der Waals surface area contributed by atoms with Gasteiger partial charge in [0.2, 0.25) is 0 Å². The van der Waals surface area contributed by atoms with E-state index in [9.17, 15) is 4.39 Å². The zero-order chi connectivity index (χ0) is 13.7. The number of aryl methyl sites for hydroxylation is 2. The van der Waals surface area contributed by atoms with Crippen molar-refractivity contribution >= 4 is 5.69 Å². The van der Waals surface area contributed by atoms with Crippen LogP contribution in [0.15, 0.2) is 42.5 Å². The standard InChI is InChI=1S/C16H18FNO/c1-12-3-6-14(7-4-12)18-9-10-19-16-11-13(2)5-8-15(16)17/h3-8,11,18H,9-10H2,1-2H3. The maximum Gasteiger partial charge on any atom is 0.165 e. The molecule has 0 amide bonds. The van der Waals surface area contributed by atoms with Gasteiger partial charge in [0.15, 0.2) is 11.6 Å². The summed E-state index contributed by atoms with van der Waals surface area (Å²) in [5.74, 6) is -0.00774. The smallest absolute Gasteiger partial charge is 0.165 e. The molecule has 0 atom stereocenters. The van der Waals surface area contributed by atoms with Gasteiger partial charge in [-0.15, -0.1) is 0 Å². The molecular formula is C16H18FNO. The Hall–Kier alpha value is -2.03. The highest BCUT2D eigenvalue weighted by atomic mass is 19.1. The Morgan fingerprint density at radius 1 is 1.00 bits per heavy atom. The van der Waals surface area contributed by atoms with Crippen molar-refractivity contribution in [3.63, 3.8) is 0 Å². The van der Waals surface area contributed by atoms with Crippen LogP contribution in [-0.2, 0) is 0 Å². The Balaban J connectivity index is 1.80. The van der Waals surface area contributed by atoms with Gasteiger partial charge in [-0.05, 0) is 43.7 Å². The number of benzene rings is 2. The van der Waals surface area contributed by atoms with Crippen LogP contribution in [0.5, 0.6) is 5.75 Å². The first kappa shape index (κ1) is 13.4. The van der Waals surface area contributed by atoms with Gasteiger partial charge in [-0.25, -0.2) is 4.39 Å². The van der Waals surface area contributed by atoms with Gasteiger partial charge in [0.05, 0.1) is 0 Å². The molecule has 2 rings (SSSR count). The van der Waals surface area contributed by atoms with Gasteiger partial charge in [-0.3, -0.25) is 0 Å². The zero-order valence-electron chi connectivity index (χ0n) is 11.2. The molecule has 0 saturated heterocycles. The average molecular weight is 259 g/mol. The van der Waals surface area contributed by atoms with Crippen molar-refractivity contribution in [2.45, 2.75) is 13.8 Å². The monoisotopic (exact) mass is 259 g/mol. The molecule has 0 aromatic heterocycles. The molecule has 2 aromatic carbocycles. The minimum absolute atomic E-state index is 0.311. The first-order chi connectivity index (χ1) is 9.15. The second kappa shape index (κ2) is 6.23. The molecule has 0 aliphatic rings. The number of nitrogens with one attached hydrogen (secondary N) is 1. The molecule has 0 aliphatic heterocycles. The van der Waals surface area contributed by atoms with Crippen LogP contribution in [0.1, 0.15) is 11.1 Å². The number of anilines is 1. The minimum atomic E-state index is -0.319. The fourth-order valence-corrected chi connectivity index (χ4v) is 1.75. The van der Waals surface area contributed by atoms with Gasteiger partial charge in [-0.2, -0.15) is 0 Å². The summed E-state index contributed by atoms with van der Waals surface area (Å²) in [5.41, 5.74) is 3.26. The highest BCUT2D eigenvalue weighted by Gasteiger charge is 2.02. The Labute approximate surface area is 113 Å². The van der Waals surface area contributed by atoms with E-state index in [1.54, 1.807) is 12.1 Å². The Morgan fingerprint density at radius 3 is 2.42 bits per heavy atom. The third kappa shape index (κ3) is 3.98. The second-order valence-electron chi connectivity index (χ2n) is 4.58. The van der Waals surface area contributed by atoms with E-state index in [1.807, 2.05) is 38.1 Å². The van der Waals surface area contributed by atoms with Gasteiger partial charge in [-0.1, -0.05) is 23.8 Å². The van der Waals surface area contributed by atoms with E-state index in [0.29, 0.717) is 18.9 Å². The molecule has 2 aromatic rings. The van der Waals surface area contributed by atoms with Crippen LogP contribution in [0.4, 0.5) is 10.1 Å². The molecule has 100 valence electrons. The molecular weight excluding hydrogens is 241 g/mol. The maximum atomic E-state index is 13.4. The van der Waals surface area contributed by atoms with E-state index < -0.39 is 0 Å². The first-order valence-corrected chi connectivity index (χ1v) is 6.34. The topological polar surface area (TPSA) is 21.3 Å². The van der Waals surface area contributed by atoms with E-state index in [-0.39, 0.29) is 5.82 Å². The van der Waals surface area contributed by atoms with Crippen LogP contribution < -0.4 is 10.1 Å². The lowest BCUT2D eigenvalue weighted by molar-refractivity contribution is 0.315. The Bertz CT molecular complexity index is 537. The normalized spacial score (nSPS) is 10.3. The number of halogens is 1. The van der Waals surface area contributed by atoms with Gasteiger partial charge < -0.3 is 10.1 Å². The van der Waals surface area contributed by atoms with Crippen molar-refractivity contribution in [3.05, 3.63) is 59.4 Å². The van der Waals surface area contributed by atoms with Crippen LogP contribution in [0.2, 0.25) is 0 Å². The van der Waals surface area contributed by atoms with Crippen LogP contribution >= 0.6 is 0 Å². The van der Waals surface area contributed by atoms with E-state index in [1.165, 1.54) is 11.6 Å². The predicted molar refractivity (Wildman–Crippen MR) is 76.3 cm³/mol. The maximum absolute atomic E-state index is 13.4. The lowest BCUT2D eigenvalue weighted by Gasteiger charge is -2.10. The summed E-state index contributed by atoms with van der Waals surface area (Å²) in [7, 11) is 0. The van der Waals surface area contributed by atoms with E-state index in [4.69, 9.17) is 4.74 Å². The molecule has 0 saturated carbocycles. The largest absolute Gasteiger partial charge is 0.489 e. The second-order valence-corrected chi connectivity index (χ2v) is 4.58. The average Bonchev–Trinajstić information content (AvgIpc) is 2.40. The molecule has 19 heavy (non-hydrogen) atoms. The molecule has 0 bridgehead atoms. The summed E-state index contributed by atoms with van der Waals surface area (Å²) in [4.78, 5) is 0. The van der Waals surface area contributed by atoms with Crippen molar-refractivity contribution in [1.29, 1.82) is 0 Å². The van der Waals surface area contributed by atoms with Crippen LogP contribution in [0.3, 0.4) is 0 Å². The SMILES string of the molecule is Cc1ccc(NCCOc2cc(C)ccc2F)cc1. The first-order valence-electron chi connectivity index (χ1n) is 6.34. The van der Waals surface area contributed by atoms with Crippen molar-refractivity contribution in [2.75, 3.05) is 18.5 Å². The molecule has 3 heteroatoms. The molecule has 0 aliphatic carbocycles. The third-order valence-electron chi connectivity index (χ3n) is 2.83. The van der Waals surface area contributed by atoms with Crippen LogP contribution in [-0.4, -0.2) is 13.2 Å². The van der Waals surface area contributed by atoms with E-state index in [2.05, 4.69) is 5.32 Å². The fraction of sp³-hybridized carbons (Fsp3) is 0.250. The zero-order valence-corrected chi connectivity index (χ0v) is 11.2. The Morgan fingerprint density at radius 2 is 1.68 bits per heavy atom. The summed E-state index contributed by atoms with van der Waals surface area (Å²) >= 11 is 0. The summed E-state index contributed by atoms with van der Waals surface area (Å²) in [5, 5.41) is 3.23. The lowest BCUT2D eigenvalue weighted by Crippen LogP contribution is -2.12. The highest BCUT2D eigenvalue weighted by Crippen LogP contribution is 2.18. The number of rotatable bonds is 5. The number of hydrogen-bond donors (Lipinski definition) is 1. The predicted octanol–water partition coefficient (Wildman–Crippen LogP) is 3.93. The van der Waals surface area contributed by atoms with Crippen molar-refractivity contribution in [3.8, 4) is 5.75 Å². The Kier molecular flexibility index (Phi) is 4.39. The molecule has 0 unspecified atom stereocenters. The summed E-state index contributed by atoms with van der Waals surface area (Å²) < 4.78 is 18.8. The molecule has 0 radical (unpaired) electrons. The van der Waals surface area contributed by atoms with Gasteiger partial charge >= 0.3 is 0 Å². The molecule has 0 fully saturated rings. The third-order valence-corrected chi connectivity index (χ3v) is 2.83.